The van der Waals surface area contributed by atoms with Crippen LogP contribution < -0.4 is 5.32 Å². The number of ketones is 1. The second-order valence-corrected chi connectivity index (χ2v) is 4.46. The Morgan fingerprint density at radius 3 is 2.32 bits per heavy atom. The van der Waals surface area contributed by atoms with Gasteiger partial charge in [0.15, 0.2) is 0 Å². The fraction of sp³-hybridized carbons (Fsp3) is 0. The van der Waals surface area contributed by atoms with Crippen LogP contribution in [0.4, 0.5) is 5.69 Å². The van der Waals surface area contributed by atoms with Gasteiger partial charge in [-0.05, 0) is 29.8 Å². The van der Waals surface area contributed by atoms with Crippen molar-refractivity contribution in [2.45, 2.75) is 0 Å². The topological polar surface area (TPSA) is 83.5 Å². The maximum absolute atomic E-state index is 12.2. The molecule has 2 N–H and O–H groups in total. The van der Waals surface area contributed by atoms with Crippen molar-refractivity contribution >= 4 is 29.4 Å². The molecule has 0 aromatic heterocycles. The molecule has 0 aliphatic heterocycles. The first kappa shape index (κ1) is 15.2. The van der Waals surface area contributed by atoms with Crippen molar-refractivity contribution in [2.24, 2.45) is 0 Å². The van der Waals surface area contributed by atoms with Gasteiger partial charge in [0.05, 0.1) is 11.3 Å². The van der Waals surface area contributed by atoms with Crippen LogP contribution in [0.2, 0.25) is 0 Å². The third-order valence-electron chi connectivity index (χ3n) is 3.00. The number of hydrogen-bond donors (Lipinski definition) is 2. The average molecular weight is 295 g/mol. The summed E-state index contributed by atoms with van der Waals surface area (Å²) in [5.41, 5.74) is 1.12. The second kappa shape index (κ2) is 6.49. The maximum Gasteiger partial charge on any atom is 0.377 e. The number of carbonyl (C=O) groups is 3. The highest BCUT2D eigenvalue weighted by atomic mass is 16.4. The fourth-order valence-corrected chi connectivity index (χ4v) is 1.89. The van der Waals surface area contributed by atoms with Gasteiger partial charge in [0.1, 0.15) is 0 Å². The van der Waals surface area contributed by atoms with Crippen molar-refractivity contribution in [1.29, 1.82) is 0 Å². The number of rotatable bonds is 5. The minimum Gasteiger partial charge on any atom is -0.475 e. The summed E-state index contributed by atoms with van der Waals surface area (Å²) in [6, 6.07) is 12.8. The number of amides is 1. The molecule has 2 rings (SSSR count). The standard InChI is InChI=1S/C17H13NO4/c1-2-11-8-9-13(15(19)17(21)22)14(10-11)18-16(20)12-6-4-3-5-7-12/h2-10H,1H2,(H,18,20)(H,21,22). The molecule has 22 heavy (non-hydrogen) atoms. The van der Waals surface area contributed by atoms with E-state index < -0.39 is 17.7 Å². The third kappa shape index (κ3) is 3.27. The molecule has 0 radical (unpaired) electrons. The molecule has 0 fully saturated rings. The maximum atomic E-state index is 12.2. The summed E-state index contributed by atoms with van der Waals surface area (Å²) in [5.74, 6) is -3.10. The van der Waals surface area contributed by atoms with E-state index in [0.29, 0.717) is 11.1 Å². The lowest BCUT2D eigenvalue weighted by Gasteiger charge is -2.10. The lowest BCUT2D eigenvalue weighted by Crippen LogP contribution is -2.18. The smallest absolute Gasteiger partial charge is 0.377 e. The Morgan fingerprint density at radius 1 is 1.05 bits per heavy atom. The molecule has 0 aliphatic carbocycles. The van der Waals surface area contributed by atoms with Crippen LogP contribution in [0.1, 0.15) is 26.3 Å². The molecule has 0 saturated heterocycles. The zero-order chi connectivity index (χ0) is 16.1. The van der Waals surface area contributed by atoms with Gasteiger partial charge in [-0.25, -0.2) is 4.79 Å². The number of nitrogens with one attached hydrogen (secondary N) is 1. The summed E-state index contributed by atoms with van der Waals surface area (Å²) in [4.78, 5) is 34.7. The summed E-state index contributed by atoms with van der Waals surface area (Å²) >= 11 is 0. The molecule has 0 spiro atoms. The molecule has 5 nitrogen and oxygen atoms in total. The molecule has 0 aliphatic rings. The van der Waals surface area contributed by atoms with Crippen molar-refractivity contribution in [2.75, 3.05) is 5.32 Å². The van der Waals surface area contributed by atoms with Crippen LogP contribution in [0.5, 0.6) is 0 Å². The molecule has 110 valence electrons. The Morgan fingerprint density at radius 2 is 1.73 bits per heavy atom. The van der Waals surface area contributed by atoms with Crippen molar-refractivity contribution in [1.82, 2.24) is 0 Å². The number of aliphatic carboxylic acids is 1. The average Bonchev–Trinajstić information content (AvgIpc) is 2.54. The zero-order valence-electron chi connectivity index (χ0n) is 11.6. The molecule has 0 saturated carbocycles. The predicted molar refractivity (Wildman–Crippen MR) is 82.9 cm³/mol. The Kier molecular flexibility index (Phi) is 4.48. The number of hydrogen-bond acceptors (Lipinski definition) is 3. The third-order valence-corrected chi connectivity index (χ3v) is 3.00. The number of carbonyl (C=O) groups excluding carboxylic acids is 2. The first-order valence-electron chi connectivity index (χ1n) is 6.43. The van der Waals surface area contributed by atoms with Crippen LogP contribution in [-0.4, -0.2) is 22.8 Å². The van der Waals surface area contributed by atoms with E-state index in [1.54, 1.807) is 36.4 Å². The Hall–Kier alpha value is -3.21. The molecule has 5 heteroatoms. The summed E-state index contributed by atoms with van der Waals surface area (Å²) < 4.78 is 0. The van der Waals surface area contributed by atoms with Gasteiger partial charge in [-0.1, -0.05) is 36.9 Å². The van der Waals surface area contributed by atoms with Gasteiger partial charge >= 0.3 is 5.97 Å². The molecule has 0 unspecified atom stereocenters. The number of carboxylic acid groups (broad SMARTS) is 1. The molecule has 0 atom stereocenters. The normalized spacial score (nSPS) is 9.82. The first-order valence-corrected chi connectivity index (χ1v) is 6.43. The van der Waals surface area contributed by atoms with Gasteiger partial charge in [-0.15, -0.1) is 0 Å². The molecule has 1 amide bonds. The highest BCUT2D eigenvalue weighted by Gasteiger charge is 2.20. The highest BCUT2D eigenvalue weighted by Crippen LogP contribution is 2.20. The van der Waals surface area contributed by atoms with Crippen LogP contribution in [0.25, 0.3) is 6.08 Å². The molecule has 2 aromatic carbocycles. The second-order valence-electron chi connectivity index (χ2n) is 4.46. The monoisotopic (exact) mass is 295 g/mol. The van der Waals surface area contributed by atoms with Crippen LogP contribution in [-0.2, 0) is 4.79 Å². The molecule has 0 heterocycles. The Bertz CT molecular complexity index is 751. The van der Waals surface area contributed by atoms with E-state index in [1.807, 2.05) is 0 Å². The number of benzene rings is 2. The number of carboxylic acids is 1. The van der Waals surface area contributed by atoms with Gasteiger partial charge in [-0.2, -0.15) is 0 Å². The van der Waals surface area contributed by atoms with E-state index in [1.165, 1.54) is 18.2 Å². The van der Waals surface area contributed by atoms with E-state index in [-0.39, 0.29) is 11.3 Å². The van der Waals surface area contributed by atoms with E-state index >= 15 is 0 Å². The lowest BCUT2D eigenvalue weighted by molar-refractivity contribution is -0.131. The molecular formula is C17H13NO4. The highest BCUT2D eigenvalue weighted by molar-refractivity contribution is 6.41. The summed E-state index contributed by atoms with van der Waals surface area (Å²) in [6.45, 7) is 3.61. The zero-order valence-corrected chi connectivity index (χ0v) is 11.6. The van der Waals surface area contributed by atoms with Crippen LogP contribution >= 0.6 is 0 Å². The van der Waals surface area contributed by atoms with Crippen molar-refractivity contribution in [3.8, 4) is 0 Å². The predicted octanol–water partition coefficient (Wildman–Crippen LogP) is 2.85. The summed E-state index contributed by atoms with van der Waals surface area (Å²) in [7, 11) is 0. The van der Waals surface area contributed by atoms with Crippen LogP contribution in [0, 0.1) is 0 Å². The Labute approximate surface area is 126 Å². The van der Waals surface area contributed by atoms with Gasteiger partial charge in [0.25, 0.3) is 11.7 Å². The van der Waals surface area contributed by atoms with Crippen LogP contribution in [0.15, 0.2) is 55.1 Å². The van der Waals surface area contributed by atoms with Gasteiger partial charge in [0.2, 0.25) is 0 Å². The van der Waals surface area contributed by atoms with Crippen molar-refractivity contribution in [3.05, 3.63) is 71.8 Å². The van der Waals surface area contributed by atoms with E-state index in [4.69, 9.17) is 5.11 Å². The van der Waals surface area contributed by atoms with E-state index in [0.717, 1.165) is 0 Å². The summed E-state index contributed by atoms with van der Waals surface area (Å²) in [6.07, 6.45) is 1.53. The largest absolute Gasteiger partial charge is 0.475 e. The summed E-state index contributed by atoms with van der Waals surface area (Å²) in [5, 5.41) is 11.4. The molecule has 0 bridgehead atoms. The van der Waals surface area contributed by atoms with Gasteiger partial charge < -0.3 is 10.4 Å². The van der Waals surface area contributed by atoms with Crippen LogP contribution in [0.3, 0.4) is 0 Å². The minimum absolute atomic E-state index is 0.0811. The fourth-order valence-electron chi connectivity index (χ4n) is 1.89. The number of Topliss-reactive ketones (excluding diaryl/α,β-unsaturated/α-hetero) is 1. The van der Waals surface area contributed by atoms with Crippen molar-refractivity contribution in [3.63, 3.8) is 0 Å². The molecular weight excluding hydrogens is 282 g/mol. The van der Waals surface area contributed by atoms with Gasteiger partial charge in [-0.3, -0.25) is 9.59 Å². The van der Waals surface area contributed by atoms with Crippen molar-refractivity contribution < 1.29 is 19.5 Å². The van der Waals surface area contributed by atoms with Gasteiger partial charge in [0, 0.05) is 5.56 Å². The van der Waals surface area contributed by atoms with E-state index in [2.05, 4.69) is 11.9 Å². The first-order chi connectivity index (χ1) is 10.5. The molecule has 2 aromatic rings. The SMILES string of the molecule is C=Cc1ccc(C(=O)C(=O)O)c(NC(=O)c2ccccc2)c1. The quantitative estimate of drug-likeness (QED) is 0.656. The number of anilines is 1. The lowest BCUT2D eigenvalue weighted by atomic mass is 10.0. The Balaban J connectivity index is 2.40. The van der Waals surface area contributed by atoms with E-state index in [9.17, 15) is 14.4 Å². The minimum atomic E-state index is -1.58.